The zero-order valence-electron chi connectivity index (χ0n) is 10.2. The van der Waals surface area contributed by atoms with Crippen LogP contribution in [0.3, 0.4) is 0 Å². The zero-order chi connectivity index (χ0) is 12.6. The fourth-order valence-corrected chi connectivity index (χ4v) is 3.40. The van der Waals surface area contributed by atoms with Crippen molar-refractivity contribution in [2.45, 2.75) is 36.6 Å². The Hall–Kier alpha value is -1.07. The third-order valence-electron chi connectivity index (χ3n) is 3.35. The lowest BCUT2D eigenvalue weighted by molar-refractivity contribution is 0.581. The molecule has 3 rings (SSSR count). The number of hydrogen-bond acceptors (Lipinski definition) is 3. The number of hydrogen-bond donors (Lipinski definition) is 2. The molecule has 0 saturated heterocycles. The molecule has 0 aromatic heterocycles. The summed E-state index contributed by atoms with van der Waals surface area (Å²) in [5, 5.41) is 3.26. The van der Waals surface area contributed by atoms with Gasteiger partial charge in [0.25, 0.3) is 0 Å². The Kier molecular flexibility index (Phi) is 3.03. The topological polar surface area (TPSA) is 58.2 Å². The van der Waals surface area contributed by atoms with Crippen molar-refractivity contribution in [3.8, 4) is 0 Å². The predicted molar refractivity (Wildman–Crippen MR) is 71.0 cm³/mol. The Morgan fingerprint density at radius 1 is 1.11 bits per heavy atom. The molecule has 2 saturated carbocycles. The molecule has 2 aliphatic carbocycles. The van der Waals surface area contributed by atoms with E-state index in [1.54, 1.807) is 12.1 Å². The van der Waals surface area contributed by atoms with Crippen molar-refractivity contribution in [2.24, 2.45) is 5.92 Å². The minimum Gasteiger partial charge on any atom is -0.384 e. The summed E-state index contributed by atoms with van der Waals surface area (Å²) in [6, 6.07) is 7.28. The summed E-state index contributed by atoms with van der Waals surface area (Å²) in [7, 11) is -3.37. The molecule has 2 aliphatic rings. The van der Waals surface area contributed by atoms with E-state index in [1.165, 1.54) is 12.8 Å². The summed E-state index contributed by atoms with van der Waals surface area (Å²) >= 11 is 0. The smallest absolute Gasteiger partial charge is 0.242 e. The first-order chi connectivity index (χ1) is 8.65. The van der Waals surface area contributed by atoms with Gasteiger partial charge in [-0.05, 0) is 43.7 Å². The molecule has 1 aromatic carbocycles. The SMILES string of the molecule is O=S(=O)(NC1CC1)c1ccccc1NCC1CC1. The molecule has 0 aliphatic heterocycles. The predicted octanol–water partition coefficient (Wildman–Crippen LogP) is 1.95. The second kappa shape index (κ2) is 4.55. The van der Waals surface area contributed by atoms with Crippen molar-refractivity contribution >= 4 is 15.7 Å². The first kappa shape index (κ1) is 12.0. The maximum absolute atomic E-state index is 12.2. The largest absolute Gasteiger partial charge is 0.384 e. The minimum atomic E-state index is -3.37. The van der Waals surface area contributed by atoms with Crippen molar-refractivity contribution in [1.82, 2.24) is 4.72 Å². The lowest BCUT2D eigenvalue weighted by Gasteiger charge is -2.12. The van der Waals surface area contributed by atoms with Crippen molar-refractivity contribution in [3.05, 3.63) is 24.3 Å². The first-order valence-corrected chi connectivity index (χ1v) is 7.99. The van der Waals surface area contributed by atoms with E-state index in [0.29, 0.717) is 4.90 Å². The molecule has 2 fully saturated rings. The second-order valence-electron chi connectivity index (χ2n) is 5.22. The number of rotatable bonds is 6. The van der Waals surface area contributed by atoms with E-state index in [-0.39, 0.29) is 6.04 Å². The van der Waals surface area contributed by atoms with E-state index in [2.05, 4.69) is 10.0 Å². The standard InChI is InChI=1S/C13H18N2O2S/c16-18(17,15-11-7-8-11)13-4-2-1-3-12(13)14-9-10-5-6-10/h1-4,10-11,14-15H,5-9H2. The molecule has 0 radical (unpaired) electrons. The molecule has 0 atom stereocenters. The summed E-state index contributed by atoms with van der Waals surface area (Å²) in [6.07, 6.45) is 4.41. The average molecular weight is 266 g/mol. The summed E-state index contributed by atoms with van der Waals surface area (Å²) in [6.45, 7) is 0.871. The van der Waals surface area contributed by atoms with Crippen LogP contribution >= 0.6 is 0 Å². The zero-order valence-corrected chi connectivity index (χ0v) is 11.0. The lowest BCUT2D eigenvalue weighted by Crippen LogP contribution is -2.26. The van der Waals surface area contributed by atoms with Crippen LogP contribution < -0.4 is 10.0 Å². The van der Waals surface area contributed by atoms with Gasteiger partial charge in [-0.3, -0.25) is 0 Å². The summed E-state index contributed by atoms with van der Waals surface area (Å²) in [5.74, 6) is 0.720. The fraction of sp³-hybridized carbons (Fsp3) is 0.538. The molecule has 0 amide bonds. The van der Waals surface area contributed by atoms with Gasteiger partial charge in [-0.25, -0.2) is 13.1 Å². The number of anilines is 1. The van der Waals surface area contributed by atoms with Crippen LogP contribution in [0.4, 0.5) is 5.69 Å². The van der Waals surface area contributed by atoms with Crippen LogP contribution in [-0.4, -0.2) is 21.0 Å². The van der Waals surface area contributed by atoms with Gasteiger partial charge in [0, 0.05) is 12.6 Å². The molecule has 2 N–H and O–H groups in total. The number of benzene rings is 1. The van der Waals surface area contributed by atoms with Gasteiger partial charge in [0.2, 0.25) is 10.0 Å². The van der Waals surface area contributed by atoms with Crippen LogP contribution in [0.2, 0.25) is 0 Å². The normalized spacial score (nSPS) is 19.8. The van der Waals surface area contributed by atoms with E-state index in [1.807, 2.05) is 12.1 Å². The first-order valence-electron chi connectivity index (χ1n) is 6.50. The Balaban J connectivity index is 1.79. The molecular weight excluding hydrogens is 248 g/mol. The van der Waals surface area contributed by atoms with Crippen LogP contribution in [-0.2, 0) is 10.0 Å². The Morgan fingerprint density at radius 3 is 2.50 bits per heavy atom. The van der Waals surface area contributed by atoms with Gasteiger partial charge in [0.05, 0.1) is 5.69 Å². The monoisotopic (exact) mass is 266 g/mol. The number of sulfonamides is 1. The molecule has 0 bridgehead atoms. The molecule has 1 aromatic rings. The lowest BCUT2D eigenvalue weighted by atomic mass is 10.3. The second-order valence-corrected chi connectivity index (χ2v) is 6.90. The van der Waals surface area contributed by atoms with E-state index in [0.717, 1.165) is 31.0 Å². The molecule has 0 unspecified atom stereocenters. The maximum atomic E-state index is 12.2. The van der Waals surface area contributed by atoms with E-state index in [9.17, 15) is 8.42 Å². The van der Waals surface area contributed by atoms with Gasteiger partial charge in [-0.2, -0.15) is 0 Å². The molecule has 0 heterocycles. The van der Waals surface area contributed by atoms with Gasteiger partial charge >= 0.3 is 0 Å². The Morgan fingerprint density at radius 2 is 1.83 bits per heavy atom. The third kappa shape index (κ3) is 2.84. The van der Waals surface area contributed by atoms with Crippen LogP contribution in [0, 0.1) is 5.92 Å². The Bertz CT molecular complexity index is 534. The highest BCUT2D eigenvalue weighted by Crippen LogP contribution is 2.30. The van der Waals surface area contributed by atoms with E-state index < -0.39 is 10.0 Å². The van der Waals surface area contributed by atoms with Crippen LogP contribution in [0.15, 0.2) is 29.2 Å². The highest BCUT2D eigenvalue weighted by molar-refractivity contribution is 7.89. The van der Waals surface area contributed by atoms with E-state index >= 15 is 0 Å². The fourth-order valence-electron chi connectivity index (χ4n) is 1.91. The van der Waals surface area contributed by atoms with Crippen LogP contribution in [0.25, 0.3) is 0 Å². The van der Waals surface area contributed by atoms with Gasteiger partial charge in [-0.15, -0.1) is 0 Å². The average Bonchev–Trinajstić information content (AvgIpc) is 3.21. The summed E-state index contributed by atoms with van der Waals surface area (Å²) < 4.78 is 27.1. The minimum absolute atomic E-state index is 0.145. The molecule has 5 heteroatoms. The van der Waals surface area contributed by atoms with Crippen molar-refractivity contribution in [1.29, 1.82) is 0 Å². The Labute approximate surface area is 108 Å². The quantitative estimate of drug-likeness (QED) is 0.827. The molecule has 4 nitrogen and oxygen atoms in total. The number of nitrogens with one attached hydrogen (secondary N) is 2. The maximum Gasteiger partial charge on any atom is 0.242 e. The van der Waals surface area contributed by atoms with Crippen LogP contribution in [0.1, 0.15) is 25.7 Å². The van der Waals surface area contributed by atoms with Crippen LogP contribution in [0.5, 0.6) is 0 Å². The van der Waals surface area contributed by atoms with Crippen molar-refractivity contribution in [3.63, 3.8) is 0 Å². The molecule has 0 spiro atoms. The summed E-state index contributed by atoms with van der Waals surface area (Å²) in [4.78, 5) is 0.373. The van der Waals surface area contributed by atoms with Gasteiger partial charge in [0.1, 0.15) is 4.90 Å². The van der Waals surface area contributed by atoms with E-state index in [4.69, 9.17) is 0 Å². The molecule has 98 valence electrons. The van der Waals surface area contributed by atoms with Crippen molar-refractivity contribution < 1.29 is 8.42 Å². The van der Waals surface area contributed by atoms with Crippen molar-refractivity contribution in [2.75, 3.05) is 11.9 Å². The van der Waals surface area contributed by atoms with Gasteiger partial charge in [-0.1, -0.05) is 12.1 Å². The third-order valence-corrected chi connectivity index (χ3v) is 4.93. The molecular formula is C13H18N2O2S. The number of para-hydroxylation sites is 1. The highest BCUT2D eigenvalue weighted by Gasteiger charge is 2.29. The highest BCUT2D eigenvalue weighted by atomic mass is 32.2. The van der Waals surface area contributed by atoms with Gasteiger partial charge in [0.15, 0.2) is 0 Å². The summed E-state index contributed by atoms with van der Waals surface area (Å²) in [5.41, 5.74) is 0.720. The molecule has 18 heavy (non-hydrogen) atoms. The van der Waals surface area contributed by atoms with Gasteiger partial charge < -0.3 is 5.32 Å².